The quantitative estimate of drug-likeness (QED) is 0.0554. The molecule has 42 heavy (non-hydrogen) atoms. The molecule has 5 rings (SSSR count). The number of nitrogens with zero attached hydrogens (tertiary/aromatic N) is 4. The van der Waals surface area contributed by atoms with Crippen LogP contribution in [0, 0.1) is 5.82 Å². The topological polar surface area (TPSA) is 115 Å². The summed E-state index contributed by atoms with van der Waals surface area (Å²) in [5.74, 6) is -1.02. The van der Waals surface area contributed by atoms with E-state index in [2.05, 4.69) is 21.8 Å². The van der Waals surface area contributed by atoms with E-state index in [1.807, 2.05) is 6.92 Å². The first-order valence-electron chi connectivity index (χ1n) is 12.8. The number of pyridine rings is 1. The number of Topliss-reactive ketones (excluding diaryl/α,β-unsaturated/α-hetero) is 1. The summed E-state index contributed by atoms with van der Waals surface area (Å²) < 4.78 is 25.4. The lowest BCUT2D eigenvalue weighted by Gasteiger charge is -2.23. The summed E-state index contributed by atoms with van der Waals surface area (Å²) in [6.07, 6.45) is 4.57. The van der Waals surface area contributed by atoms with E-state index in [0.717, 1.165) is 16.9 Å². The van der Waals surface area contributed by atoms with Crippen molar-refractivity contribution in [2.45, 2.75) is 23.1 Å². The van der Waals surface area contributed by atoms with Crippen molar-refractivity contribution in [3.05, 3.63) is 108 Å². The van der Waals surface area contributed by atoms with E-state index in [0.29, 0.717) is 39.3 Å². The van der Waals surface area contributed by atoms with E-state index in [4.69, 9.17) is 9.47 Å². The third-order valence-corrected chi connectivity index (χ3v) is 8.34. The van der Waals surface area contributed by atoms with Crippen molar-refractivity contribution in [3.63, 3.8) is 0 Å². The number of amides is 1. The van der Waals surface area contributed by atoms with Gasteiger partial charge in [0.15, 0.2) is 15.8 Å². The molecule has 0 spiro atoms. The molecule has 1 saturated heterocycles. The largest absolute Gasteiger partial charge is 0.507 e. The van der Waals surface area contributed by atoms with Gasteiger partial charge in [0, 0.05) is 23.7 Å². The van der Waals surface area contributed by atoms with Gasteiger partial charge in [-0.3, -0.25) is 19.5 Å². The van der Waals surface area contributed by atoms with Gasteiger partial charge in [-0.05, 0) is 54.4 Å². The summed E-state index contributed by atoms with van der Waals surface area (Å²) in [7, 11) is 0. The van der Waals surface area contributed by atoms with Gasteiger partial charge in [-0.15, -0.1) is 10.2 Å². The Morgan fingerprint density at radius 1 is 1.10 bits per heavy atom. The van der Waals surface area contributed by atoms with Crippen molar-refractivity contribution >= 4 is 45.7 Å². The monoisotopic (exact) mass is 604 g/mol. The number of anilines is 1. The maximum atomic E-state index is 13.5. The number of thioether (sulfide) groups is 1. The van der Waals surface area contributed by atoms with E-state index in [1.165, 1.54) is 41.2 Å². The Morgan fingerprint density at radius 3 is 2.57 bits per heavy atom. The molecule has 0 saturated carbocycles. The smallest absolute Gasteiger partial charge is 0.301 e. The number of aliphatic hydroxyl groups excluding tert-OH is 1. The Balaban J connectivity index is 1.56. The van der Waals surface area contributed by atoms with Gasteiger partial charge in [-0.25, -0.2) is 4.39 Å². The number of carbonyl (C=O) groups is 2. The average Bonchev–Trinajstić information content (AvgIpc) is 3.58. The minimum atomic E-state index is -1.03. The maximum Gasteiger partial charge on any atom is 0.301 e. The van der Waals surface area contributed by atoms with Crippen LogP contribution in [0.25, 0.3) is 5.76 Å². The predicted molar refractivity (Wildman–Crippen MR) is 158 cm³/mol. The second-order valence-electron chi connectivity index (χ2n) is 8.91. The zero-order valence-electron chi connectivity index (χ0n) is 22.4. The lowest BCUT2D eigenvalue weighted by molar-refractivity contribution is -0.132. The summed E-state index contributed by atoms with van der Waals surface area (Å²) in [4.78, 5) is 32.2. The van der Waals surface area contributed by atoms with Gasteiger partial charge in [-0.1, -0.05) is 54.0 Å². The molecule has 0 aliphatic carbocycles. The van der Waals surface area contributed by atoms with Crippen LogP contribution in [0.15, 0.2) is 89.6 Å². The standard InChI is InChI=1S/C30H25FN4O5S2/c1-3-15-40-22-10-7-20(16-23(22)39-4-2)25-24(26(36)19-11-13-32-14-12-19)27(37)28(38)35(25)29-33-34-30(42-29)41-17-18-5-8-21(31)9-6-18/h3,5-14,16,25,36H,1,4,15,17H2,2H3. The molecule has 1 atom stereocenters. The van der Waals surface area contributed by atoms with Crippen LogP contribution in [0.1, 0.15) is 29.7 Å². The van der Waals surface area contributed by atoms with E-state index in [9.17, 15) is 19.1 Å². The molecule has 12 heteroatoms. The fourth-order valence-corrected chi connectivity index (χ4v) is 6.15. The lowest BCUT2D eigenvalue weighted by atomic mass is 9.95. The number of rotatable bonds is 11. The Hall–Kier alpha value is -4.55. The number of halogens is 1. The van der Waals surface area contributed by atoms with E-state index in [1.54, 1.807) is 48.5 Å². The Bertz CT molecular complexity index is 1640. The van der Waals surface area contributed by atoms with Gasteiger partial charge < -0.3 is 14.6 Å². The highest BCUT2D eigenvalue weighted by atomic mass is 32.2. The fraction of sp³-hybridized carbons (Fsp3) is 0.167. The van der Waals surface area contributed by atoms with E-state index < -0.39 is 17.7 Å². The normalized spacial score (nSPS) is 16.0. The van der Waals surface area contributed by atoms with Crippen LogP contribution in [0.2, 0.25) is 0 Å². The van der Waals surface area contributed by atoms with Crippen LogP contribution in [0.5, 0.6) is 11.5 Å². The van der Waals surface area contributed by atoms with E-state index in [-0.39, 0.29) is 28.9 Å². The molecule has 214 valence electrons. The molecule has 1 unspecified atom stereocenters. The molecule has 0 bridgehead atoms. The molecule has 1 aliphatic heterocycles. The molecule has 2 aromatic carbocycles. The van der Waals surface area contributed by atoms with Gasteiger partial charge in [0.05, 0.1) is 18.2 Å². The number of benzene rings is 2. The Kier molecular flexibility index (Phi) is 8.94. The van der Waals surface area contributed by atoms with Crippen molar-refractivity contribution in [1.29, 1.82) is 0 Å². The highest BCUT2D eigenvalue weighted by molar-refractivity contribution is 8.00. The molecule has 4 aromatic rings. The summed E-state index contributed by atoms with van der Waals surface area (Å²) in [6.45, 7) is 6.09. The Labute approximate surface area is 249 Å². The number of hydrogen-bond donors (Lipinski definition) is 1. The summed E-state index contributed by atoms with van der Waals surface area (Å²) in [5, 5.41) is 19.9. The summed E-state index contributed by atoms with van der Waals surface area (Å²) in [5.41, 5.74) is 1.61. The summed E-state index contributed by atoms with van der Waals surface area (Å²) >= 11 is 2.50. The molecule has 2 aromatic heterocycles. The highest BCUT2D eigenvalue weighted by Gasteiger charge is 2.48. The molecule has 1 amide bonds. The average molecular weight is 605 g/mol. The second kappa shape index (κ2) is 13.0. The van der Waals surface area contributed by atoms with Gasteiger partial charge in [0.2, 0.25) is 5.13 Å². The molecular formula is C30H25FN4O5S2. The summed E-state index contributed by atoms with van der Waals surface area (Å²) in [6, 6.07) is 13.3. The minimum absolute atomic E-state index is 0.107. The van der Waals surface area contributed by atoms with Crippen molar-refractivity contribution < 1.29 is 28.6 Å². The van der Waals surface area contributed by atoms with Gasteiger partial charge in [0.1, 0.15) is 18.2 Å². The van der Waals surface area contributed by atoms with Crippen molar-refractivity contribution in [2.75, 3.05) is 18.1 Å². The number of aliphatic hydroxyl groups is 1. The van der Waals surface area contributed by atoms with Crippen LogP contribution in [-0.2, 0) is 15.3 Å². The zero-order valence-corrected chi connectivity index (χ0v) is 24.0. The zero-order chi connectivity index (χ0) is 29.6. The molecule has 1 aliphatic rings. The predicted octanol–water partition coefficient (Wildman–Crippen LogP) is 5.95. The molecule has 0 radical (unpaired) electrons. The second-order valence-corrected chi connectivity index (χ2v) is 11.1. The number of ether oxygens (including phenoxy) is 2. The van der Waals surface area contributed by atoms with Crippen LogP contribution >= 0.6 is 23.1 Å². The van der Waals surface area contributed by atoms with Gasteiger partial charge in [0.25, 0.3) is 5.78 Å². The first-order chi connectivity index (χ1) is 20.4. The van der Waals surface area contributed by atoms with Crippen LogP contribution in [0.3, 0.4) is 0 Å². The van der Waals surface area contributed by atoms with Crippen LogP contribution in [-0.4, -0.2) is 45.2 Å². The fourth-order valence-electron chi connectivity index (χ4n) is 4.33. The first kappa shape index (κ1) is 29.0. The number of carbonyl (C=O) groups excluding carboxylic acids is 2. The molecule has 1 N–H and O–H groups in total. The number of aromatic nitrogens is 3. The highest BCUT2D eigenvalue weighted by Crippen LogP contribution is 2.45. The molecular weight excluding hydrogens is 579 g/mol. The third-order valence-electron chi connectivity index (χ3n) is 6.22. The van der Waals surface area contributed by atoms with Crippen molar-refractivity contribution in [2.24, 2.45) is 0 Å². The number of ketones is 1. The van der Waals surface area contributed by atoms with Gasteiger partial charge >= 0.3 is 5.91 Å². The lowest BCUT2D eigenvalue weighted by Crippen LogP contribution is -2.29. The van der Waals surface area contributed by atoms with E-state index >= 15 is 0 Å². The third kappa shape index (κ3) is 6.04. The van der Waals surface area contributed by atoms with Crippen molar-refractivity contribution in [1.82, 2.24) is 15.2 Å². The van der Waals surface area contributed by atoms with Crippen LogP contribution in [0.4, 0.5) is 9.52 Å². The maximum absolute atomic E-state index is 13.5. The first-order valence-corrected chi connectivity index (χ1v) is 14.6. The molecule has 9 nitrogen and oxygen atoms in total. The Morgan fingerprint density at radius 2 is 1.86 bits per heavy atom. The van der Waals surface area contributed by atoms with Gasteiger partial charge in [-0.2, -0.15) is 0 Å². The van der Waals surface area contributed by atoms with Crippen LogP contribution < -0.4 is 14.4 Å². The molecule has 1 fully saturated rings. The SMILES string of the molecule is C=CCOc1ccc(C2C(=C(O)c3ccncc3)C(=O)C(=O)N2c2nnc(SCc3ccc(F)cc3)s2)cc1OCC. The number of hydrogen-bond acceptors (Lipinski definition) is 10. The van der Waals surface area contributed by atoms with Crippen molar-refractivity contribution in [3.8, 4) is 11.5 Å². The minimum Gasteiger partial charge on any atom is -0.507 e. The molecule has 3 heterocycles.